The van der Waals surface area contributed by atoms with E-state index in [1.165, 1.54) is 11.1 Å². The number of esters is 1. The lowest BCUT2D eigenvalue weighted by Gasteiger charge is -2.48. The van der Waals surface area contributed by atoms with Gasteiger partial charge in [-0.1, -0.05) is 25.1 Å². The van der Waals surface area contributed by atoms with Gasteiger partial charge in [0.1, 0.15) is 11.5 Å². The molecule has 3 aliphatic carbocycles. The molecule has 2 aromatic rings. The smallest absolute Gasteiger partial charge is 0.426 e. The summed E-state index contributed by atoms with van der Waals surface area (Å²) in [5.41, 5.74) is 3.84. The molecule has 3 aliphatic rings. The molecule has 2 saturated carbocycles. The third kappa shape index (κ3) is 5.61. The van der Waals surface area contributed by atoms with E-state index in [0.717, 1.165) is 44.1 Å². The summed E-state index contributed by atoms with van der Waals surface area (Å²) >= 11 is 0. The fourth-order valence-electron chi connectivity index (χ4n) is 6.41. The van der Waals surface area contributed by atoms with Crippen LogP contribution in [0.4, 0.5) is 23.0 Å². The van der Waals surface area contributed by atoms with E-state index >= 15 is 0 Å². The molecule has 0 aromatic heterocycles. The van der Waals surface area contributed by atoms with Gasteiger partial charge >= 0.3 is 18.9 Å². The molecule has 0 heterocycles. The van der Waals surface area contributed by atoms with Crippen LogP contribution < -0.4 is 4.74 Å². The summed E-state index contributed by atoms with van der Waals surface area (Å²) in [6.07, 6.45) is 6.14. The minimum Gasteiger partial charge on any atom is -0.426 e. The maximum Gasteiger partial charge on any atom is 0.673 e. The second-order valence-corrected chi connectivity index (χ2v) is 10.1. The predicted molar refractivity (Wildman–Crippen MR) is 127 cm³/mol. The van der Waals surface area contributed by atoms with Gasteiger partial charge in [0.15, 0.2) is 4.98 Å². The van der Waals surface area contributed by atoms with Gasteiger partial charge in [-0.2, -0.15) is 0 Å². The van der Waals surface area contributed by atoms with Crippen molar-refractivity contribution < 1.29 is 31.6 Å². The Hall–Kier alpha value is -3.22. The van der Waals surface area contributed by atoms with E-state index in [-0.39, 0.29) is 17.8 Å². The standard InChI is InChI=1S/C26H27N2O3.BF4/c1-26-13-12-21-20-9-7-19(31-25(30)14-16-2-5-18(28-27)6-3-16)15-17(20)4-8-22(21)23(26)10-11-24(26)29;2-1(3,4)5/h2-3,5-7,9,15,21-23H,4,8,10-14H2,1H3;/q+1;-1/t21-,22-,23+,26+;/m1./s1. The molecule has 10 heteroatoms. The fourth-order valence-corrected chi connectivity index (χ4v) is 6.41. The number of fused-ring (bicyclic) bond motifs is 5. The third-order valence-corrected chi connectivity index (χ3v) is 8.04. The van der Waals surface area contributed by atoms with Gasteiger partial charge in [0.25, 0.3) is 0 Å². The van der Waals surface area contributed by atoms with E-state index in [0.29, 0.717) is 35.0 Å². The van der Waals surface area contributed by atoms with E-state index in [1.807, 2.05) is 12.1 Å². The number of hydrogen-bond donors (Lipinski definition) is 0. The molecular weight excluding hydrogens is 475 g/mol. The zero-order valence-corrected chi connectivity index (χ0v) is 19.9. The Morgan fingerprint density at radius 2 is 1.78 bits per heavy atom. The number of aryl methyl sites for hydroxylation is 1. The van der Waals surface area contributed by atoms with Crippen LogP contribution in [0.2, 0.25) is 0 Å². The Morgan fingerprint density at radius 3 is 2.44 bits per heavy atom. The lowest BCUT2D eigenvalue weighted by Crippen LogP contribution is -2.42. The maximum absolute atomic E-state index is 12.5. The minimum absolute atomic E-state index is 0.0996. The average molecular weight is 502 g/mol. The Morgan fingerprint density at radius 1 is 1.08 bits per heavy atom. The van der Waals surface area contributed by atoms with Crippen molar-refractivity contribution in [3.63, 3.8) is 0 Å². The Labute approximate surface area is 207 Å². The topological polar surface area (TPSA) is 71.5 Å². The number of Topliss-reactive ketones (excluding diaryl/α,β-unsaturated/α-hetero) is 1. The van der Waals surface area contributed by atoms with Crippen molar-refractivity contribution >= 4 is 24.7 Å². The van der Waals surface area contributed by atoms with Crippen LogP contribution in [-0.2, 0) is 22.4 Å². The fraction of sp³-hybridized carbons (Fsp3) is 0.462. The normalized spacial score (nSPS) is 26.4. The molecule has 190 valence electrons. The molecule has 5 rings (SSSR count). The van der Waals surface area contributed by atoms with Crippen molar-refractivity contribution in [3.8, 4) is 5.75 Å². The predicted octanol–water partition coefficient (Wildman–Crippen LogP) is 7.04. The molecule has 4 atom stereocenters. The van der Waals surface area contributed by atoms with Gasteiger partial charge in [-0.05, 0) is 78.7 Å². The number of rotatable bonds is 3. The van der Waals surface area contributed by atoms with Crippen LogP contribution in [-0.4, -0.2) is 19.0 Å². The number of carbonyl (C=O) groups excluding carboxylic acids is 2. The van der Waals surface area contributed by atoms with Crippen LogP contribution >= 0.6 is 0 Å². The van der Waals surface area contributed by atoms with Crippen LogP contribution in [0.3, 0.4) is 0 Å². The lowest BCUT2D eigenvalue weighted by molar-refractivity contribution is -0.133. The van der Waals surface area contributed by atoms with Crippen molar-refractivity contribution in [2.45, 2.75) is 57.8 Å². The first kappa shape index (κ1) is 25.9. The number of ketones is 1. The molecule has 2 aromatic carbocycles. The highest BCUT2D eigenvalue weighted by atomic mass is 19.5. The van der Waals surface area contributed by atoms with Gasteiger partial charge in [-0.3, -0.25) is 9.59 Å². The number of halogens is 4. The largest absolute Gasteiger partial charge is 0.673 e. The number of nitrogens with zero attached hydrogens (tertiary/aromatic N) is 2. The number of ether oxygens (including phenoxy) is 1. The molecule has 0 bridgehead atoms. The molecule has 0 unspecified atom stereocenters. The highest BCUT2D eigenvalue weighted by molar-refractivity contribution is 6.50. The summed E-state index contributed by atoms with van der Waals surface area (Å²) in [6.45, 7) is 2.20. The van der Waals surface area contributed by atoms with Gasteiger partial charge in [0, 0.05) is 24.0 Å². The van der Waals surface area contributed by atoms with Crippen LogP contribution in [0.1, 0.15) is 61.6 Å². The van der Waals surface area contributed by atoms with Gasteiger partial charge in [0.2, 0.25) is 5.39 Å². The van der Waals surface area contributed by atoms with E-state index in [4.69, 9.17) is 10.1 Å². The molecular formula is C26H27BF4N2O3. The summed E-state index contributed by atoms with van der Waals surface area (Å²) in [5.74, 6) is 2.41. The van der Waals surface area contributed by atoms with E-state index < -0.39 is 7.25 Å². The van der Waals surface area contributed by atoms with Crippen molar-refractivity contribution in [1.82, 2.24) is 0 Å². The number of hydrogen-bond acceptors (Lipinski definition) is 4. The number of carbonyl (C=O) groups is 2. The molecule has 0 radical (unpaired) electrons. The second kappa shape index (κ2) is 10.0. The van der Waals surface area contributed by atoms with Gasteiger partial charge in [0.05, 0.1) is 6.42 Å². The lowest BCUT2D eigenvalue weighted by atomic mass is 9.55. The first-order valence-electron chi connectivity index (χ1n) is 12.2. The summed E-state index contributed by atoms with van der Waals surface area (Å²) in [4.78, 5) is 28.0. The summed E-state index contributed by atoms with van der Waals surface area (Å²) in [5, 5.41) is 8.76. The zero-order chi connectivity index (χ0) is 26.1. The average Bonchev–Trinajstić information content (AvgIpc) is 3.12. The second-order valence-electron chi connectivity index (χ2n) is 10.1. The van der Waals surface area contributed by atoms with Crippen LogP contribution in [0.25, 0.3) is 4.98 Å². The Kier molecular flexibility index (Phi) is 7.21. The highest BCUT2D eigenvalue weighted by Crippen LogP contribution is 2.59. The van der Waals surface area contributed by atoms with Crippen LogP contribution in [0.15, 0.2) is 42.5 Å². The van der Waals surface area contributed by atoms with E-state index in [2.05, 4.69) is 18.0 Å². The molecule has 0 spiro atoms. The van der Waals surface area contributed by atoms with Crippen LogP contribution in [0.5, 0.6) is 5.75 Å². The highest BCUT2D eigenvalue weighted by Gasteiger charge is 2.54. The quantitative estimate of drug-likeness (QED) is 0.148. The van der Waals surface area contributed by atoms with E-state index in [9.17, 15) is 26.9 Å². The first-order chi connectivity index (χ1) is 17.0. The van der Waals surface area contributed by atoms with Crippen molar-refractivity contribution in [2.75, 3.05) is 0 Å². The summed E-state index contributed by atoms with van der Waals surface area (Å²) < 4.78 is 44.6. The van der Waals surface area contributed by atoms with Gasteiger partial charge in [-0.15, -0.1) is 0 Å². The molecule has 0 aliphatic heterocycles. The van der Waals surface area contributed by atoms with Crippen molar-refractivity contribution in [3.05, 3.63) is 64.1 Å². The molecule has 0 saturated heterocycles. The number of benzene rings is 2. The molecule has 2 fully saturated rings. The SMILES string of the molecule is C[C@]12CC[C@@H]3c4ccc(OC(=O)Cc5ccc([N+]#N)cc5)cc4CC[C@H]3[C@@H]1CCC2=O.F[B-](F)(F)F. The molecule has 0 amide bonds. The molecule has 36 heavy (non-hydrogen) atoms. The van der Waals surface area contributed by atoms with Gasteiger partial charge in [-0.25, -0.2) is 0 Å². The van der Waals surface area contributed by atoms with Gasteiger partial charge < -0.3 is 22.0 Å². The molecule has 0 N–H and O–H groups in total. The third-order valence-electron chi connectivity index (χ3n) is 8.04. The summed E-state index contributed by atoms with van der Waals surface area (Å²) in [6, 6.07) is 12.9. The zero-order valence-electron chi connectivity index (χ0n) is 19.9. The number of diazo groups is 1. The van der Waals surface area contributed by atoms with Crippen molar-refractivity contribution in [2.24, 2.45) is 17.3 Å². The maximum atomic E-state index is 12.5. The first-order valence-corrected chi connectivity index (χ1v) is 12.2. The Bertz CT molecular complexity index is 1190. The van der Waals surface area contributed by atoms with Crippen molar-refractivity contribution in [1.29, 1.82) is 5.39 Å². The van der Waals surface area contributed by atoms with Crippen LogP contribution in [0, 0.1) is 22.6 Å². The monoisotopic (exact) mass is 502 g/mol. The van der Waals surface area contributed by atoms with E-state index in [1.54, 1.807) is 24.3 Å². The molecule has 5 nitrogen and oxygen atoms in total. The Balaban J connectivity index is 0.000000556. The summed E-state index contributed by atoms with van der Waals surface area (Å²) in [7, 11) is -6.00. The minimum atomic E-state index is -6.00.